The molecule has 0 saturated heterocycles. The molecule has 0 saturated carbocycles. The second kappa shape index (κ2) is 7.02. The fourth-order valence-corrected chi connectivity index (χ4v) is 1.16. The molecule has 1 aromatic carbocycles. The second-order valence-corrected chi connectivity index (χ2v) is 3.05. The number of amides is 1. The van der Waals surface area contributed by atoms with Crippen molar-refractivity contribution < 1.29 is 29.7 Å². The molecule has 0 heterocycles. The third-order valence-electron chi connectivity index (χ3n) is 1.81. The van der Waals surface area contributed by atoms with Crippen LogP contribution in [0.3, 0.4) is 0 Å². The lowest BCUT2D eigenvalue weighted by Gasteiger charge is -2.07. The summed E-state index contributed by atoms with van der Waals surface area (Å²) < 4.78 is 0. The highest BCUT2D eigenvalue weighted by molar-refractivity contribution is 6.02. The summed E-state index contributed by atoms with van der Waals surface area (Å²) in [5.74, 6) is -2.89. The lowest BCUT2D eigenvalue weighted by molar-refractivity contribution is -0.114. The molecule has 0 aliphatic carbocycles. The van der Waals surface area contributed by atoms with E-state index in [1.54, 1.807) is 0 Å². The monoisotopic (exact) mass is 255 g/mol. The predicted molar refractivity (Wildman–Crippen MR) is 62.8 cm³/mol. The molecule has 0 unspecified atom stereocenters. The Morgan fingerprint density at radius 2 is 1.61 bits per heavy atom. The topological polar surface area (TPSA) is 124 Å². The minimum Gasteiger partial charge on any atom is -0.478 e. The number of rotatable bonds is 3. The summed E-state index contributed by atoms with van der Waals surface area (Å²) in [5.41, 5.74) is -0.270. The molecule has 1 rings (SSSR count). The van der Waals surface area contributed by atoms with Crippen LogP contribution < -0.4 is 5.32 Å². The minimum atomic E-state index is -1.24. The summed E-state index contributed by atoms with van der Waals surface area (Å²) in [6.07, 6.45) is 0. The van der Waals surface area contributed by atoms with Crippen molar-refractivity contribution in [3.05, 3.63) is 29.3 Å². The zero-order chi connectivity index (χ0) is 14.3. The van der Waals surface area contributed by atoms with Crippen LogP contribution in [0.2, 0.25) is 0 Å². The first kappa shape index (κ1) is 15.6. The molecule has 0 bridgehead atoms. The number of hydrogen-bond donors (Lipinski definition) is 4. The van der Waals surface area contributed by atoms with Crippen molar-refractivity contribution in [2.45, 2.75) is 6.92 Å². The van der Waals surface area contributed by atoms with E-state index in [2.05, 4.69) is 5.32 Å². The number of aliphatic hydroxyl groups is 1. The number of aromatic carboxylic acids is 2. The Labute approximate surface area is 103 Å². The summed E-state index contributed by atoms with van der Waals surface area (Å²) in [4.78, 5) is 32.3. The molecular weight excluding hydrogens is 242 g/mol. The fraction of sp³-hybridized carbons (Fsp3) is 0.182. The van der Waals surface area contributed by atoms with Gasteiger partial charge in [0.2, 0.25) is 5.91 Å². The molecule has 98 valence electrons. The van der Waals surface area contributed by atoms with Gasteiger partial charge in [-0.15, -0.1) is 0 Å². The van der Waals surface area contributed by atoms with Gasteiger partial charge in [-0.2, -0.15) is 0 Å². The van der Waals surface area contributed by atoms with Crippen LogP contribution in [-0.2, 0) is 4.79 Å². The molecule has 0 aliphatic heterocycles. The van der Waals surface area contributed by atoms with Crippen LogP contribution in [0.5, 0.6) is 0 Å². The van der Waals surface area contributed by atoms with Gasteiger partial charge in [-0.25, -0.2) is 9.59 Å². The Morgan fingerprint density at radius 1 is 1.06 bits per heavy atom. The van der Waals surface area contributed by atoms with Crippen LogP contribution >= 0.6 is 0 Å². The third kappa shape index (κ3) is 4.22. The van der Waals surface area contributed by atoms with E-state index in [4.69, 9.17) is 15.3 Å². The standard InChI is InChI=1S/C10H9NO5.CH4O/c1-5(12)11-8-4-6(9(13)14)2-3-7(8)10(15)16;1-2/h2-4H,1H3,(H,11,12)(H,13,14)(H,15,16);2H,1H3. The van der Waals surface area contributed by atoms with Crippen molar-refractivity contribution >= 4 is 23.5 Å². The van der Waals surface area contributed by atoms with Crippen LogP contribution in [-0.4, -0.2) is 40.3 Å². The molecule has 7 heteroatoms. The van der Waals surface area contributed by atoms with Crippen molar-refractivity contribution in [1.82, 2.24) is 0 Å². The van der Waals surface area contributed by atoms with E-state index in [-0.39, 0.29) is 16.8 Å². The van der Waals surface area contributed by atoms with E-state index >= 15 is 0 Å². The molecule has 0 radical (unpaired) electrons. The van der Waals surface area contributed by atoms with Gasteiger partial charge >= 0.3 is 11.9 Å². The van der Waals surface area contributed by atoms with Crippen molar-refractivity contribution in [1.29, 1.82) is 0 Å². The summed E-state index contributed by atoms with van der Waals surface area (Å²) in [6, 6.07) is 3.40. The quantitative estimate of drug-likeness (QED) is 0.628. The van der Waals surface area contributed by atoms with Crippen LogP contribution in [0.1, 0.15) is 27.6 Å². The van der Waals surface area contributed by atoms with E-state index in [9.17, 15) is 14.4 Å². The first-order chi connectivity index (χ1) is 8.41. The minimum absolute atomic E-state index is 0.0279. The number of aliphatic hydroxyl groups excluding tert-OH is 1. The van der Waals surface area contributed by atoms with Gasteiger partial charge in [0.15, 0.2) is 0 Å². The third-order valence-corrected chi connectivity index (χ3v) is 1.81. The number of carbonyl (C=O) groups excluding carboxylic acids is 1. The van der Waals surface area contributed by atoms with Crippen LogP contribution in [0.4, 0.5) is 5.69 Å². The molecule has 7 nitrogen and oxygen atoms in total. The van der Waals surface area contributed by atoms with Crippen LogP contribution in [0.25, 0.3) is 0 Å². The average Bonchev–Trinajstić information content (AvgIpc) is 2.30. The number of nitrogens with one attached hydrogen (secondary N) is 1. The normalized spacial score (nSPS) is 8.83. The van der Waals surface area contributed by atoms with E-state index in [0.29, 0.717) is 0 Å². The average molecular weight is 255 g/mol. The summed E-state index contributed by atoms with van der Waals surface area (Å²) in [7, 11) is 1.00. The molecule has 0 aromatic heterocycles. The summed E-state index contributed by atoms with van der Waals surface area (Å²) in [5, 5.41) is 26.8. The van der Waals surface area contributed by atoms with Crippen LogP contribution in [0, 0.1) is 0 Å². The maximum absolute atomic E-state index is 10.8. The predicted octanol–water partition coefficient (Wildman–Crippen LogP) is 0.650. The fourth-order valence-electron chi connectivity index (χ4n) is 1.16. The highest BCUT2D eigenvalue weighted by Gasteiger charge is 2.13. The number of carboxylic acid groups (broad SMARTS) is 2. The highest BCUT2D eigenvalue weighted by Crippen LogP contribution is 2.18. The van der Waals surface area contributed by atoms with Gasteiger partial charge in [-0.3, -0.25) is 4.79 Å². The number of benzene rings is 1. The Bertz CT molecular complexity index is 469. The van der Waals surface area contributed by atoms with E-state index in [0.717, 1.165) is 25.3 Å². The lowest BCUT2D eigenvalue weighted by Crippen LogP contribution is -2.12. The summed E-state index contributed by atoms with van der Waals surface area (Å²) >= 11 is 0. The van der Waals surface area contributed by atoms with Gasteiger partial charge < -0.3 is 20.6 Å². The van der Waals surface area contributed by atoms with Gasteiger partial charge in [0.1, 0.15) is 0 Å². The summed E-state index contributed by atoms with van der Waals surface area (Å²) in [6.45, 7) is 1.21. The number of hydrogen-bond acceptors (Lipinski definition) is 4. The zero-order valence-electron chi connectivity index (χ0n) is 9.80. The van der Waals surface area contributed by atoms with Crippen molar-refractivity contribution in [3.63, 3.8) is 0 Å². The first-order valence-corrected chi connectivity index (χ1v) is 4.74. The molecule has 0 atom stereocenters. The smallest absolute Gasteiger partial charge is 0.337 e. The maximum atomic E-state index is 10.8. The van der Waals surface area contributed by atoms with Gasteiger partial charge in [0, 0.05) is 14.0 Å². The first-order valence-electron chi connectivity index (χ1n) is 4.74. The van der Waals surface area contributed by atoms with Gasteiger partial charge in [0.25, 0.3) is 0 Å². The molecule has 0 fully saturated rings. The molecule has 0 spiro atoms. The molecule has 4 N–H and O–H groups in total. The van der Waals surface area contributed by atoms with Crippen molar-refractivity contribution in [2.75, 3.05) is 12.4 Å². The number of anilines is 1. The Balaban J connectivity index is 0.00000137. The number of carbonyl (C=O) groups is 3. The van der Waals surface area contributed by atoms with Gasteiger partial charge in [-0.05, 0) is 18.2 Å². The van der Waals surface area contributed by atoms with E-state index in [1.165, 1.54) is 6.92 Å². The number of carboxylic acids is 2. The van der Waals surface area contributed by atoms with Gasteiger partial charge in [0.05, 0.1) is 16.8 Å². The Hall–Kier alpha value is -2.41. The molecule has 18 heavy (non-hydrogen) atoms. The Kier molecular flexibility index (Phi) is 6.08. The molecule has 1 aromatic rings. The van der Waals surface area contributed by atoms with E-state index < -0.39 is 17.8 Å². The van der Waals surface area contributed by atoms with Crippen molar-refractivity contribution in [2.24, 2.45) is 0 Å². The van der Waals surface area contributed by atoms with Crippen molar-refractivity contribution in [3.8, 4) is 0 Å². The highest BCUT2D eigenvalue weighted by atomic mass is 16.4. The Morgan fingerprint density at radius 3 is 2.00 bits per heavy atom. The largest absolute Gasteiger partial charge is 0.478 e. The second-order valence-electron chi connectivity index (χ2n) is 3.05. The van der Waals surface area contributed by atoms with Gasteiger partial charge in [-0.1, -0.05) is 0 Å². The van der Waals surface area contributed by atoms with Crippen LogP contribution in [0.15, 0.2) is 18.2 Å². The molecule has 1 amide bonds. The SMILES string of the molecule is CC(=O)Nc1cc(C(=O)O)ccc1C(=O)O.CO. The van der Waals surface area contributed by atoms with E-state index in [1.807, 2.05) is 0 Å². The zero-order valence-corrected chi connectivity index (χ0v) is 9.80. The molecular formula is C11H13NO6. The maximum Gasteiger partial charge on any atom is 0.337 e. The lowest BCUT2D eigenvalue weighted by atomic mass is 10.1. The molecule has 0 aliphatic rings.